The average Bonchev–Trinajstić information content (AvgIpc) is 3.47. The molecule has 0 spiro atoms. The summed E-state index contributed by atoms with van der Waals surface area (Å²) in [6.45, 7) is 2.45. The smallest absolute Gasteiger partial charge is 0.272 e. The lowest BCUT2D eigenvalue weighted by Crippen LogP contribution is -2.30. The van der Waals surface area contributed by atoms with Crippen LogP contribution < -0.4 is 15.4 Å². The van der Waals surface area contributed by atoms with Crippen molar-refractivity contribution in [3.63, 3.8) is 0 Å². The summed E-state index contributed by atoms with van der Waals surface area (Å²) in [5.41, 5.74) is 2.20. The second-order valence-corrected chi connectivity index (χ2v) is 9.10. The third-order valence-electron chi connectivity index (χ3n) is 5.40. The molecule has 7 heteroatoms. The van der Waals surface area contributed by atoms with E-state index in [1.807, 2.05) is 30.5 Å². The van der Waals surface area contributed by atoms with Gasteiger partial charge in [0.25, 0.3) is 11.8 Å². The van der Waals surface area contributed by atoms with E-state index in [0.29, 0.717) is 34.7 Å². The summed E-state index contributed by atoms with van der Waals surface area (Å²) in [5.74, 6) is -0.331. The molecule has 4 rings (SSSR count). The standard InChI is InChI=1S/C31H26N2O4S/c1-2-37-26-16-10-22(11-17-26)21-28(33-30(35)24-7-4-3-5-8-24)31(36)32-25-14-12-23(13-15-25)29(34)19-18-27-9-6-20-38-27/h3-21H,2H2,1H3,(H,32,36)(H,33,35)/b19-18+,28-21-. The van der Waals surface area contributed by atoms with Gasteiger partial charge < -0.3 is 15.4 Å². The Morgan fingerprint density at radius 2 is 1.58 bits per heavy atom. The number of ketones is 1. The average molecular weight is 523 g/mol. The molecule has 0 aliphatic carbocycles. The zero-order valence-corrected chi connectivity index (χ0v) is 21.5. The van der Waals surface area contributed by atoms with Gasteiger partial charge in [-0.1, -0.05) is 36.4 Å². The summed E-state index contributed by atoms with van der Waals surface area (Å²) < 4.78 is 5.48. The molecule has 190 valence electrons. The summed E-state index contributed by atoms with van der Waals surface area (Å²) >= 11 is 1.55. The minimum Gasteiger partial charge on any atom is -0.494 e. The van der Waals surface area contributed by atoms with Crippen molar-refractivity contribution in [2.45, 2.75) is 6.92 Å². The quantitative estimate of drug-likeness (QED) is 0.185. The van der Waals surface area contributed by atoms with Gasteiger partial charge in [0.15, 0.2) is 5.78 Å². The van der Waals surface area contributed by atoms with Crippen molar-refractivity contribution in [2.75, 3.05) is 11.9 Å². The van der Waals surface area contributed by atoms with Crippen molar-refractivity contribution >= 4 is 46.8 Å². The fourth-order valence-electron chi connectivity index (χ4n) is 3.49. The van der Waals surface area contributed by atoms with E-state index in [9.17, 15) is 14.4 Å². The maximum Gasteiger partial charge on any atom is 0.272 e. The zero-order chi connectivity index (χ0) is 26.7. The molecule has 0 aliphatic heterocycles. The molecule has 0 radical (unpaired) electrons. The van der Waals surface area contributed by atoms with E-state index in [4.69, 9.17) is 4.74 Å². The molecule has 2 N–H and O–H groups in total. The Balaban J connectivity index is 1.50. The SMILES string of the molecule is CCOc1ccc(/C=C(\NC(=O)c2ccccc2)C(=O)Nc2ccc(C(=O)/C=C/c3cccs3)cc2)cc1. The topological polar surface area (TPSA) is 84.5 Å². The normalized spacial score (nSPS) is 11.2. The molecule has 2 amide bonds. The second kappa shape index (κ2) is 13.0. The van der Waals surface area contributed by atoms with Crippen LogP contribution >= 0.6 is 11.3 Å². The number of thiophene rings is 1. The molecule has 0 saturated heterocycles. The third-order valence-corrected chi connectivity index (χ3v) is 6.24. The van der Waals surface area contributed by atoms with E-state index in [1.54, 1.807) is 96.3 Å². The molecule has 0 saturated carbocycles. The van der Waals surface area contributed by atoms with Crippen LogP contribution in [0.3, 0.4) is 0 Å². The van der Waals surface area contributed by atoms with Gasteiger partial charge in [-0.2, -0.15) is 0 Å². The minimum atomic E-state index is -0.500. The number of hydrogen-bond acceptors (Lipinski definition) is 5. The molecular weight excluding hydrogens is 496 g/mol. The van der Waals surface area contributed by atoms with Crippen LogP contribution in [0, 0.1) is 0 Å². The van der Waals surface area contributed by atoms with Gasteiger partial charge >= 0.3 is 0 Å². The predicted molar refractivity (Wildman–Crippen MR) is 152 cm³/mol. The van der Waals surface area contributed by atoms with Crippen molar-refractivity contribution in [2.24, 2.45) is 0 Å². The maximum absolute atomic E-state index is 13.2. The molecular formula is C31H26N2O4S. The van der Waals surface area contributed by atoms with Gasteiger partial charge in [-0.25, -0.2) is 0 Å². The molecule has 6 nitrogen and oxygen atoms in total. The first-order valence-electron chi connectivity index (χ1n) is 12.0. The summed E-state index contributed by atoms with van der Waals surface area (Å²) in [6.07, 6.45) is 4.89. The summed E-state index contributed by atoms with van der Waals surface area (Å²) in [5, 5.41) is 7.46. The highest BCUT2D eigenvalue weighted by Crippen LogP contribution is 2.17. The summed E-state index contributed by atoms with van der Waals surface area (Å²) in [6, 6.07) is 26.3. The number of allylic oxidation sites excluding steroid dienone is 1. The van der Waals surface area contributed by atoms with Gasteiger partial charge in [0, 0.05) is 21.7 Å². The lowest BCUT2D eigenvalue weighted by Gasteiger charge is -2.12. The first kappa shape index (κ1) is 26.3. The Morgan fingerprint density at radius 3 is 2.24 bits per heavy atom. The van der Waals surface area contributed by atoms with Crippen molar-refractivity contribution in [1.29, 1.82) is 0 Å². The van der Waals surface area contributed by atoms with E-state index in [-0.39, 0.29) is 11.5 Å². The Bertz CT molecular complexity index is 1440. The molecule has 1 heterocycles. The Morgan fingerprint density at radius 1 is 0.842 bits per heavy atom. The number of nitrogens with one attached hydrogen (secondary N) is 2. The van der Waals surface area contributed by atoms with Gasteiger partial charge in [-0.3, -0.25) is 14.4 Å². The van der Waals surface area contributed by atoms with Crippen LogP contribution in [-0.4, -0.2) is 24.2 Å². The number of ether oxygens (including phenoxy) is 1. The van der Waals surface area contributed by atoms with Crippen LogP contribution in [0.15, 0.2) is 108 Å². The molecule has 0 atom stereocenters. The van der Waals surface area contributed by atoms with Crippen LogP contribution in [-0.2, 0) is 4.79 Å². The molecule has 0 bridgehead atoms. The molecule has 0 fully saturated rings. The number of anilines is 1. The zero-order valence-electron chi connectivity index (χ0n) is 20.7. The van der Waals surface area contributed by atoms with E-state index in [1.165, 1.54) is 6.08 Å². The first-order valence-corrected chi connectivity index (χ1v) is 12.9. The highest BCUT2D eigenvalue weighted by atomic mass is 32.1. The number of rotatable bonds is 10. The summed E-state index contributed by atoms with van der Waals surface area (Å²) in [4.78, 5) is 39.5. The van der Waals surface area contributed by atoms with Gasteiger partial charge in [0.1, 0.15) is 11.4 Å². The van der Waals surface area contributed by atoms with Crippen molar-refractivity contribution in [3.8, 4) is 5.75 Å². The van der Waals surface area contributed by atoms with Gasteiger partial charge in [0.05, 0.1) is 6.61 Å². The molecule has 4 aromatic rings. The van der Waals surface area contributed by atoms with Gasteiger partial charge in [0.2, 0.25) is 0 Å². The monoisotopic (exact) mass is 522 g/mol. The van der Waals surface area contributed by atoms with Crippen molar-refractivity contribution < 1.29 is 19.1 Å². The number of benzene rings is 3. The Kier molecular flexibility index (Phi) is 8.99. The summed E-state index contributed by atoms with van der Waals surface area (Å²) in [7, 11) is 0. The van der Waals surface area contributed by atoms with Crippen LogP contribution in [0.4, 0.5) is 5.69 Å². The van der Waals surface area contributed by atoms with Crippen LogP contribution in [0.2, 0.25) is 0 Å². The number of carbonyl (C=O) groups excluding carboxylic acids is 3. The fraction of sp³-hybridized carbons (Fsp3) is 0.0645. The second-order valence-electron chi connectivity index (χ2n) is 8.12. The van der Waals surface area contributed by atoms with E-state index >= 15 is 0 Å². The maximum atomic E-state index is 13.2. The van der Waals surface area contributed by atoms with Crippen LogP contribution in [0.1, 0.15) is 38.1 Å². The number of amides is 2. The van der Waals surface area contributed by atoms with Crippen LogP contribution in [0.5, 0.6) is 5.75 Å². The Labute approximate surface area is 225 Å². The first-order chi connectivity index (χ1) is 18.5. The molecule has 0 aliphatic rings. The Hall–Kier alpha value is -4.75. The lowest BCUT2D eigenvalue weighted by atomic mass is 10.1. The molecule has 0 unspecified atom stereocenters. The third kappa shape index (κ3) is 7.38. The van der Waals surface area contributed by atoms with Crippen molar-refractivity contribution in [1.82, 2.24) is 5.32 Å². The number of hydrogen-bond donors (Lipinski definition) is 2. The van der Waals surface area contributed by atoms with E-state index < -0.39 is 11.8 Å². The fourth-order valence-corrected chi connectivity index (χ4v) is 4.11. The largest absolute Gasteiger partial charge is 0.494 e. The molecule has 38 heavy (non-hydrogen) atoms. The van der Waals surface area contributed by atoms with Crippen molar-refractivity contribution in [3.05, 3.63) is 130 Å². The highest BCUT2D eigenvalue weighted by molar-refractivity contribution is 7.10. The van der Waals surface area contributed by atoms with E-state index in [0.717, 1.165) is 4.88 Å². The van der Waals surface area contributed by atoms with E-state index in [2.05, 4.69) is 10.6 Å². The van der Waals surface area contributed by atoms with Gasteiger partial charge in [-0.15, -0.1) is 11.3 Å². The van der Waals surface area contributed by atoms with Crippen LogP contribution in [0.25, 0.3) is 12.2 Å². The van der Waals surface area contributed by atoms with Gasteiger partial charge in [-0.05, 0) is 90.7 Å². The number of carbonyl (C=O) groups is 3. The minimum absolute atomic E-state index is 0.0713. The lowest BCUT2D eigenvalue weighted by molar-refractivity contribution is -0.113. The molecule has 3 aromatic carbocycles. The predicted octanol–water partition coefficient (Wildman–Crippen LogP) is 6.45. The highest BCUT2D eigenvalue weighted by Gasteiger charge is 2.15. The molecule has 1 aromatic heterocycles.